The molecule has 2 aromatic rings. The lowest BCUT2D eigenvalue weighted by Gasteiger charge is -2.12. The van der Waals surface area contributed by atoms with Crippen molar-refractivity contribution < 1.29 is 4.79 Å². The van der Waals surface area contributed by atoms with Gasteiger partial charge in [0, 0.05) is 14.1 Å². The number of rotatable bonds is 2. The van der Waals surface area contributed by atoms with Crippen molar-refractivity contribution >= 4 is 22.9 Å². The Labute approximate surface area is 99.8 Å². The Morgan fingerprint density at radius 1 is 1.47 bits per heavy atom. The minimum atomic E-state index is -0.00317. The zero-order valence-corrected chi connectivity index (χ0v) is 10.3. The quantitative estimate of drug-likeness (QED) is 0.840. The highest BCUT2D eigenvalue weighted by Gasteiger charge is 2.12. The van der Waals surface area contributed by atoms with E-state index in [9.17, 15) is 4.79 Å². The van der Waals surface area contributed by atoms with Crippen LogP contribution in [0.5, 0.6) is 0 Å². The number of likely N-dealkylation sites (N-methyl/N-ethyl adjacent to an activating group) is 1. The number of nitrogens with zero attached hydrogens (tertiary/aromatic N) is 3. The minimum Gasteiger partial charge on any atom is -0.369 e. The Hall–Kier alpha value is -2.04. The van der Waals surface area contributed by atoms with E-state index in [0.717, 1.165) is 16.6 Å². The summed E-state index contributed by atoms with van der Waals surface area (Å²) >= 11 is 0. The standard InChI is InChI=1S/C12H16N4O/c1-8-4-5-10-9(6-8)14-12(13)16(10)7-11(17)15(2)3/h4-6H,7H2,1-3H3,(H2,13,14). The van der Waals surface area contributed by atoms with E-state index in [4.69, 9.17) is 5.73 Å². The molecule has 17 heavy (non-hydrogen) atoms. The van der Waals surface area contributed by atoms with Crippen molar-refractivity contribution in [1.29, 1.82) is 0 Å². The molecule has 0 fully saturated rings. The van der Waals surface area contributed by atoms with Crippen LogP contribution in [0.4, 0.5) is 5.95 Å². The topological polar surface area (TPSA) is 64.1 Å². The predicted octanol–water partition coefficient (Wildman–Crippen LogP) is 1.02. The van der Waals surface area contributed by atoms with Gasteiger partial charge in [-0.15, -0.1) is 0 Å². The zero-order valence-electron chi connectivity index (χ0n) is 10.3. The van der Waals surface area contributed by atoms with Gasteiger partial charge in [0.15, 0.2) is 0 Å². The summed E-state index contributed by atoms with van der Waals surface area (Å²) in [6, 6.07) is 5.89. The molecular formula is C12H16N4O. The minimum absolute atomic E-state index is 0.00317. The molecule has 0 bridgehead atoms. The highest BCUT2D eigenvalue weighted by molar-refractivity contribution is 5.83. The first-order chi connectivity index (χ1) is 7.99. The van der Waals surface area contributed by atoms with Gasteiger partial charge in [-0.05, 0) is 24.6 Å². The largest absolute Gasteiger partial charge is 0.369 e. The summed E-state index contributed by atoms with van der Waals surface area (Å²) < 4.78 is 1.73. The van der Waals surface area contributed by atoms with Crippen molar-refractivity contribution in [1.82, 2.24) is 14.5 Å². The van der Waals surface area contributed by atoms with Crippen LogP contribution in [0.15, 0.2) is 18.2 Å². The average molecular weight is 232 g/mol. The van der Waals surface area contributed by atoms with Gasteiger partial charge in [-0.1, -0.05) is 6.07 Å². The second-order valence-electron chi connectivity index (χ2n) is 4.34. The average Bonchev–Trinajstić information content (AvgIpc) is 2.54. The van der Waals surface area contributed by atoms with E-state index in [1.807, 2.05) is 25.1 Å². The lowest BCUT2D eigenvalue weighted by Crippen LogP contribution is -2.26. The van der Waals surface area contributed by atoms with E-state index in [1.54, 1.807) is 23.6 Å². The van der Waals surface area contributed by atoms with Crippen molar-refractivity contribution in [2.24, 2.45) is 0 Å². The number of nitrogens with two attached hydrogens (primary N) is 1. The fraction of sp³-hybridized carbons (Fsp3) is 0.333. The molecule has 1 amide bonds. The third kappa shape index (κ3) is 2.08. The number of benzene rings is 1. The molecular weight excluding hydrogens is 216 g/mol. The van der Waals surface area contributed by atoms with Crippen LogP contribution in [0.25, 0.3) is 11.0 Å². The van der Waals surface area contributed by atoms with E-state index in [1.165, 1.54) is 0 Å². The van der Waals surface area contributed by atoms with Gasteiger partial charge >= 0.3 is 0 Å². The van der Waals surface area contributed by atoms with E-state index < -0.39 is 0 Å². The van der Waals surface area contributed by atoms with Crippen molar-refractivity contribution in [2.45, 2.75) is 13.5 Å². The molecule has 2 N–H and O–H groups in total. The molecule has 0 saturated heterocycles. The molecule has 0 unspecified atom stereocenters. The summed E-state index contributed by atoms with van der Waals surface area (Å²) in [5, 5.41) is 0. The van der Waals surface area contributed by atoms with Crippen molar-refractivity contribution in [2.75, 3.05) is 19.8 Å². The Balaban J connectivity index is 2.46. The van der Waals surface area contributed by atoms with Gasteiger partial charge in [0.05, 0.1) is 11.0 Å². The molecule has 0 aliphatic heterocycles. The summed E-state index contributed by atoms with van der Waals surface area (Å²) in [5.41, 5.74) is 8.68. The molecule has 5 heteroatoms. The third-order valence-electron chi connectivity index (χ3n) is 2.73. The van der Waals surface area contributed by atoms with E-state index >= 15 is 0 Å². The first-order valence-corrected chi connectivity index (χ1v) is 5.41. The number of nitrogen functional groups attached to an aromatic ring is 1. The van der Waals surface area contributed by atoms with Gasteiger partial charge in [-0.2, -0.15) is 0 Å². The normalized spacial score (nSPS) is 10.8. The Kier molecular flexibility index (Phi) is 2.75. The van der Waals surface area contributed by atoms with Crippen LogP contribution in [0, 0.1) is 6.92 Å². The van der Waals surface area contributed by atoms with Crippen molar-refractivity contribution in [3.05, 3.63) is 23.8 Å². The molecule has 0 saturated carbocycles. The molecule has 0 aliphatic rings. The van der Waals surface area contributed by atoms with Crippen LogP contribution in [0.2, 0.25) is 0 Å². The number of carbonyl (C=O) groups excluding carboxylic acids is 1. The summed E-state index contributed by atoms with van der Waals surface area (Å²) in [5.74, 6) is 0.373. The fourth-order valence-corrected chi connectivity index (χ4v) is 1.70. The number of carbonyl (C=O) groups is 1. The maximum absolute atomic E-state index is 11.7. The Bertz CT molecular complexity index is 571. The van der Waals surface area contributed by atoms with Crippen LogP contribution >= 0.6 is 0 Å². The lowest BCUT2D eigenvalue weighted by molar-refractivity contribution is -0.129. The van der Waals surface area contributed by atoms with Crippen LogP contribution < -0.4 is 5.73 Å². The highest BCUT2D eigenvalue weighted by Crippen LogP contribution is 2.19. The predicted molar refractivity (Wildman–Crippen MR) is 67.6 cm³/mol. The van der Waals surface area contributed by atoms with E-state index in [0.29, 0.717) is 5.95 Å². The molecule has 2 rings (SSSR count). The second kappa shape index (κ2) is 4.08. The van der Waals surface area contributed by atoms with Crippen LogP contribution in [-0.4, -0.2) is 34.5 Å². The van der Waals surface area contributed by atoms with Gasteiger partial charge in [0.1, 0.15) is 6.54 Å². The number of aryl methyl sites for hydroxylation is 1. The van der Waals surface area contributed by atoms with Crippen LogP contribution in [-0.2, 0) is 11.3 Å². The fourth-order valence-electron chi connectivity index (χ4n) is 1.70. The molecule has 1 aromatic heterocycles. The Morgan fingerprint density at radius 3 is 2.82 bits per heavy atom. The van der Waals surface area contributed by atoms with Crippen molar-refractivity contribution in [3.63, 3.8) is 0 Å². The molecule has 90 valence electrons. The smallest absolute Gasteiger partial charge is 0.242 e. The number of imidazole rings is 1. The van der Waals surface area contributed by atoms with Gasteiger partial charge in [-0.3, -0.25) is 4.79 Å². The summed E-state index contributed by atoms with van der Waals surface area (Å²) in [6.07, 6.45) is 0. The first-order valence-electron chi connectivity index (χ1n) is 5.41. The molecule has 0 atom stereocenters. The third-order valence-corrected chi connectivity index (χ3v) is 2.73. The summed E-state index contributed by atoms with van der Waals surface area (Å²) in [7, 11) is 3.45. The van der Waals surface area contributed by atoms with Gasteiger partial charge in [-0.25, -0.2) is 4.98 Å². The molecule has 1 heterocycles. The van der Waals surface area contributed by atoms with E-state index in [-0.39, 0.29) is 12.5 Å². The Morgan fingerprint density at radius 2 is 2.18 bits per heavy atom. The monoisotopic (exact) mass is 232 g/mol. The van der Waals surface area contributed by atoms with Gasteiger partial charge in [0.25, 0.3) is 0 Å². The number of anilines is 1. The maximum Gasteiger partial charge on any atom is 0.242 e. The molecule has 0 spiro atoms. The van der Waals surface area contributed by atoms with Gasteiger partial charge in [0.2, 0.25) is 11.9 Å². The molecule has 0 radical (unpaired) electrons. The SMILES string of the molecule is Cc1ccc2c(c1)nc(N)n2CC(=O)N(C)C. The van der Waals surface area contributed by atoms with Crippen LogP contribution in [0.1, 0.15) is 5.56 Å². The molecule has 1 aromatic carbocycles. The summed E-state index contributed by atoms with van der Waals surface area (Å²) in [4.78, 5) is 17.5. The maximum atomic E-state index is 11.7. The zero-order chi connectivity index (χ0) is 12.6. The number of fused-ring (bicyclic) bond motifs is 1. The second-order valence-corrected chi connectivity index (χ2v) is 4.34. The molecule has 0 aliphatic carbocycles. The number of hydrogen-bond donors (Lipinski definition) is 1. The number of aromatic nitrogens is 2. The first kappa shape index (κ1) is 11.4. The van der Waals surface area contributed by atoms with E-state index in [2.05, 4.69) is 4.98 Å². The molecule has 5 nitrogen and oxygen atoms in total. The summed E-state index contributed by atoms with van der Waals surface area (Å²) in [6.45, 7) is 2.22. The van der Waals surface area contributed by atoms with Crippen LogP contribution in [0.3, 0.4) is 0 Å². The van der Waals surface area contributed by atoms with Crippen molar-refractivity contribution in [3.8, 4) is 0 Å². The highest BCUT2D eigenvalue weighted by atomic mass is 16.2. The lowest BCUT2D eigenvalue weighted by atomic mass is 10.2. The number of amides is 1. The van der Waals surface area contributed by atoms with Gasteiger partial charge < -0.3 is 15.2 Å². The number of hydrogen-bond acceptors (Lipinski definition) is 3.